The first-order valence-electron chi connectivity index (χ1n) is 14.1. The summed E-state index contributed by atoms with van der Waals surface area (Å²) in [7, 11) is 1.32. The van der Waals surface area contributed by atoms with Crippen LogP contribution < -0.4 is 5.32 Å². The number of carbonyl (C=O) groups excluding carboxylic acids is 1. The summed E-state index contributed by atoms with van der Waals surface area (Å²) in [5.41, 5.74) is -0.110. The number of piperidine rings is 1. The lowest BCUT2D eigenvalue weighted by Gasteiger charge is -2.47. The van der Waals surface area contributed by atoms with Gasteiger partial charge in [0.2, 0.25) is 0 Å². The van der Waals surface area contributed by atoms with Gasteiger partial charge in [-0.25, -0.2) is 9.29 Å². The van der Waals surface area contributed by atoms with Crippen molar-refractivity contribution >= 4 is 12.0 Å². The summed E-state index contributed by atoms with van der Waals surface area (Å²) >= 11 is 0. The van der Waals surface area contributed by atoms with Crippen molar-refractivity contribution in [3.8, 4) is 0 Å². The van der Waals surface area contributed by atoms with E-state index in [0.29, 0.717) is 24.8 Å². The summed E-state index contributed by atoms with van der Waals surface area (Å²) in [5.74, 6) is -3.15. The van der Waals surface area contributed by atoms with E-state index in [0.717, 1.165) is 30.0 Å². The third-order valence-corrected chi connectivity index (χ3v) is 7.90. The van der Waals surface area contributed by atoms with Crippen molar-refractivity contribution in [1.82, 2.24) is 9.80 Å². The predicted molar refractivity (Wildman–Crippen MR) is 161 cm³/mol. The number of halogens is 1. The van der Waals surface area contributed by atoms with E-state index in [-0.39, 0.29) is 46.4 Å². The van der Waals surface area contributed by atoms with Crippen LogP contribution in [0.4, 0.5) is 10.1 Å². The Hall–Kier alpha value is -2.88. The Labute approximate surface area is 244 Å². The summed E-state index contributed by atoms with van der Waals surface area (Å²) in [6.07, 6.45) is 4.92. The molecule has 8 heteroatoms. The van der Waals surface area contributed by atoms with Gasteiger partial charge in [-0.2, -0.15) is 0 Å². The van der Waals surface area contributed by atoms with Gasteiger partial charge in [0.1, 0.15) is 11.5 Å². The molecule has 1 unspecified atom stereocenters. The Morgan fingerprint density at radius 3 is 2.32 bits per heavy atom. The summed E-state index contributed by atoms with van der Waals surface area (Å²) in [5, 5.41) is 36.8. The number of likely N-dealkylation sites (N-methyl/N-ethyl adjacent to an activating group) is 1. The number of rotatable bonds is 13. The van der Waals surface area contributed by atoms with Crippen LogP contribution >= 0.6 is 0 Å². The van der Waals surface area contributed by atoms with Crippen LogP contribution in [0.5, 0.6) is 0 Å². The lowest BCUT2D eigenvalue weighted by atomic mass is 9.71. The molecule has 3 rings (SSSR count). The minimum atomic E-state index is -2.78. The molecule has 0 aliphatic carbocycles. The van der Waals surface area contributed by atoms with Crippen LogP contribution in [0.2, 0.25) is 0 Å². The number of likely N-dealkylation sites (tertiary alicyclic amines) is 1. The van der Waals surface area contributed by atoms with Crippen molar-refractivity contribution in [3.05, 3.63) is 89.8 Å². The fourth-order valence-electron chi connectivity index (χ4n) is 6.42. The topological polar surface area (TPSA) is 96.3 Å². The standard InChI is InChI=1S/C33H46FN3O4/c1-8-10-16-32(39,9-2)36(7)33(40,41)29-26(20-38)12-11-13-28(29)35-18-25-15-14-24(17-27(25)34)19-37-22-30(3,4)21-31(5,6)23-37/h8-9,11-15,17,20,35,39-41H,1-2,10,16,18-19,21-23H2,3-7H3. The average Bonchev–Trinajstić information content (AvgIpc) is 2.88. The Bertz CT molecular complexity index is 1240. The lowest BCUT2D eigenvalue weighted by Crippen LogP contribution is -2.57. The number of benzene rings is 2. The Balaban J connectivity index is 1.83. The van der Waals surface area contributed by atoms with Gasteiger partial charge < -0.3 is 20.6 Å². The molecule has 1 atom stereocenters. The monoisotopic (exact) mass is 567 g/mol. The van der Waals surface area contributed by atoms with Crippen LogP contribution in [0.15, 0.2) is 61.7 Å². The molecule has 1 aliphatic heterocycles. The zero-order chi connectivity index (χ0) is 30.6. The maximum atomic E-state index is 15.3. The number of aliphatic hydroxyl groups is 3. The van der Waals surface area contributed by atoms with Gasteiger partial charge in [0.05, 0.1) is 5.56 Å². The quantitative estimate of drug-likeness (QED) is 0.147. The third-order valence-electron chi connectivity index (χ3n) is 7.90. The Kier molecular flexibility index (Phi) is 9.99. The molecule has 1 aliphatic rings. The molecule has 0 amide bonds. The Morgan fingerprint density at radius 2 is 1.76 bits per heavy atom. The van der Waals surface area contributed by atoms with E-state index < -0.39 is 11.6 Å². The van der Waals surface area contributed by atoms with Crippen LogP contribution in [0.3, 0.4) is 0 Å². The van der Waals surface area contributed by atoms with E-state index in [4.69, 9.17) is 0 Å². The van der Waals surface area contributed by atoms with Crippen molar-refractivity contribution < 1.29 is 24.5 Å². The number of hydrogen-bond donors (Lipinski definition) is 4. The van der Waals surface area contributed by atoms with Crippen LogP contribution in [0.1, 0.15) is 74.0 Å². The van der Waals surface area contributed by atoms with E-state index in [1.807, 2.05) is 6.07 Å². The first-order valence-corrected chi connectivity index (χ1v) is 14.1. The molecule has 0 spiro atoms. The third kappa shape index (κ3) is 7.70. The van der Waals surface area contributed by atoms with E-state index in [1.165, 1.54) is 19.2 Å². The SMILES string of the molecule is C=CCCC(O)(C=C)N(C)C(O)(O)c1c(C=O)cccc1NCc1ccc(CN2CC(C)(C)CC(C)(C)C2)cc1F. The zero-order valence-corrected chi connectivity index (χ0v) is 25.1. The average molecular weight is 568 g/mol. The van der Waals surface area contributed by atoms with Crippen LogP contribution in [0, 0.1) is 16.6 Å². The second-order valence-electron chi connectivity index (χ2n) is 12.9. The number of nitrogens with one attached hydrogen (secondary N) is 1. The van der Waals surface area contributed by atoms with Gasteiger partial charge in [0.15, 0.2) is 6.29 Å². The summed E-state index contributed by atoms with van der Waals surface area (Å²) in [6.45, 7) is 19.0. The largest absolute Gasteiger partial charge is 0.380 e. The second-order valence-corrected chi connectivity index (χ2v) is 12.9. The summed E-state index contributed by atoms with van der Waals surface area (Å²) < 4.78 is 15.3. The van der Waals surface area contributed by atoms with Crippen molar-refractivity contribution in [2.24, 2.45) is 10.8 Å². The normalized spacial score (nSPS) is 18.5. The summed E-state index contributed by atoms with van der Waals surface area (Å²) in [4.78, 5) is 15.2. The Morgan fingerprint density at radius 1 is 1.10 bits per heavy atom. The molecule has 41 heavy (non-hydrogen) atoms. The van der Waals surface area contributed by atoms with Crippen molar-refractivity contribution in [2.75, 3.05) is 25.5 Å². The fraction of sp³-hybridized carbons (Fsp3) is 0.485. The molecule has 0 aromatic heterocycles. The number of aldehydes is 1. The molecule has 4 N–H and O–H groups in total. The molecular weight excluding hydrogens is 521 g/mol. The van der Waals surface area contributed by atoms with Gasteiger partial charge in [-0.15, -0.1) is 6.58 Å². The number of carbonyl (C=O) groups is 1. The fourth-order valence-corrected chi connectivity index (χ4v) is 6.42. The number of nitrogens with zero attached hydrogens (tertiary/aromatic N) is 2. The minimum absolute atomic E-state index is 0.00480. The molecule has 224 valence electrons. The lowest BCUT2D eigenvalue weighted by molar-refractivity contribution is -0.318. The molecule has 7 nitrogen and oxygen atoms in total. The number of anilines is 1. The molecule has 1 fully saturated rings. The van der Waals surface area contributed by atoms with Crippen LogP contribution in [0.25, 0.3) is 0 Å². The smallest absolute Gasteiger partial charge is 0.258 e. The molecule has 0 saturated carbocycles. The molecule has 0 radical (unpaired) electrons. The maximum absolute atomic E-state index is 15.3. The van der Waals surface area contributed by atoms with Crippen LogP contribution in [-0.2, 0) is 19.0 Å². The zero-order valence-electron chi connectivity index (χ0n) is 25.1. The molecule has 2 aromatic carbocycles. The minimum Gasteiger partial charge on any atom is -0.380 e. The van der Waals surface area contributed by atoms with Gasteiger partial charge >= 0.3 is 0 Å². The van der Waals surface area contributed by atoms with Gasteiger partial charge in [0, 0.05) is 43.0 Å². The van der Waals surface area contributed by atoms with E-state index in [1.54, 1.807) is 30.3 Å². The van der Waals surface area contributed by atoms with Crippen LogP contribution in [-0.4, -0.2) is 57.3 Å². The van der Waals surface area contributed by atoms with E-state index >= 15 is 4.39 Å². The molecule has 0 bridgehead atoms. The van der Waals surface area contributed by atoms with Gasteiger partial charge in [-0.05, 0) is 60.9 Å². The van der Waals surface area contributed by atoms with E-state index in [2.05, 4.69) is 51.1 Å². The van der Waals surface area contributed by atoms with Crippen molar-refractivity contribution in [1.29, 1.82) is 0 Å². The van der Waals surface area contributed by atoms with Gasteiger partial charge in [-0.1, -0.05) is 64.6 Å². The first kappa shape index (κ1) is 32.6. The molecule has 1 heterocycles. The molecule has 2 aromatic rings. The summed E-state index contributed by atoms with van der Waals surface area (Å²) in [6, 6.07) is 9.79. The van der Waals surface area contributed by atoms with Gasteiger partial charge in [-0.3, -0.25) is 9.69 Å². The number of hydrogen-bond acceptors (Lipinski definition) is 7. The highest BCUT2D eigenvalue weighted by atomic mass is 19.1. The van der Waals surface area contributed by atoms with Crippen molar-refractivity contribution in [3.63, 3.8) is 0 Å². The molecular formula is C33H46FN3O4. The number of allylic oxidation sites excluding steroid dienone is 1. The molecule has 1 saturated heterocycles. The predicted octanol–water partition coefficient (Wildman–Crippen LogP) is 5.38. The highest BCUT2D eigenvalue weighted by molar-refractivity contribution is 5.81. The highest BCUT2D eigenvalue weighted by Gasteiger charge is 2.45. The first-order chi connectivity index (χ1) is 19.1. The second kappa shape index (κ2) is 12.5. The highest BCUT2D eigenvalue weighted by Crippen LogP contribution is 2.40. The van der Waals surface area contributed by atoms with E-state index in [9.17, 15) is 20.1 Å². The van der Waals surface area contributed by atoms with Gasteiger partial charge in [0.25, 0.3) is 5.91 Å². The van der Waals surface area contributed by atoms with Crippen molar-refractivity contribution in [2.45, 2.75) is 71.7 Å². The maximum Gasteiger partial charge on any atom is 0.258 e.